The third-order valence-electron chi connectivity index (χ3n) is 4.63. The second-order valence-electron chi connectivity index (χ2n) is 6.70. The van der Waals surface area contributed by atoms with Crippen LogP contribution < -0.4 is 20.6 Å². The van der Waals surface area contributed by atoms with Gasteiger partial charge in [-0.15, -0.1) is 11.8 Å². The number of hydrogen-bond donors (Lipinski definition) is 5. The summed E-state index contributed by atoms with van der Waals surface area (Å²) in [7, 11) is 3.26. The van der Waals surface area contributed by atoms with E-state index in [0.717, 1.165) is 27.5 Å². The molecule has 0 aliphatic carbocycles. The van der Waals surface area contributed by atoms with E-state index in [9.17, 15) is 10.1 Å². The van der Waals surface area contributed by atoms with Gasteiger partial charge < -0.3 is 34.7 Å². The number of aryl methyl sites for hydroxylation is 1. The molecule has 0 bridgehead atoms. The van der Waals surface area contributed by atoms with Crippen molar-refractivity contribution in [3.05, 3.63) is 62.7 Å². The molecule has 180 valence electrons. The zero-order chi connectivity index (χ0) is 24.5. The van der Waals surface area contributed by atoms with Crippen LogP contribution in [0.15, 0.2) is 29.4 Å². The number of nitrogens with one attached hydrogen (secondary N) is 4. The van der Waals surface area contributed by atoms with Gasteiger partial charge >= 0.3 is 35.4 Å². The second kappa shape index (κ2) is 14.0. The van der Waals surface area contributed by atoms with Crippen LogP contribution in [-0.4, -0.2) is 86.2 Å². The number of aromatic amines is 2. The molecule has 1 aromatic carbocycles. The van der Waals surface area contributed by atoms with Crippen molar-refractivity contribution in [2.45, 2.75) is 24.8 Å². The van der Waals surface area contributed by atoms with E-state index in [1.165, 1.54) is 10.8 Å². The van der Waals surface area contributed by atoms with Gasteiger partial charge in [0.15, 0.2) is 11.4 Å². The molecule has 0 aliphatic rings. The normalized spacial score (nSPS) is 10.0. The van der Waals surface area contributed by atoms with Crippen LogP contribution in [0.2, 0.25) is 0 Å². The number of hydrogen-bond acceptors (Lipinski definition) is 9. The van der Waals surface area contributed by atoms with Crippen LogP contribution in [-0.2, 0) is 13.0 Å². The van der Waals surface area contributed by atoms with E-state index in [1.54, 1.807) is 39.1 Å². The van der Waals surface area contributed by atoms with Crippen LogP contribution in [0.25, 0.3) is 0 Å². The van der Waals surface area contributed by atoms with E-state index >= 15 is 0 Å². The fourth-order valence-electron chi connectivity index (χ4n) is 3.05. The molecule has 0 spiro atoms. The van der Waals surface area contributed by atoms with Gasteiger partial charge in [-0.05, 0) is 28.9 Å². The van der Waals surface area contributed by atoms with E-state index < -0.39 is 4.92 Å². The first kappa shape index (κ1) is 29.5. The van der Waals surface area contributed by atoms with Crippen LogP contribution in [0.4, 0.5) is 5.82 Å². The number of H-pyrrole nitrogens is 2. The molecule has 2 aromatic heterocycles. The minimum atomic E-state index is -0.518. The van der Waals surface area contributed by atoms with E-state index in [-0.39, 0.29) is 59.6 Å². The number of aromatic nitrogens is 4. The van der Waals surface area contributed by atoms with E-state index in [4.69, 9.17) is 25.4 Å². The summed E-state index contributed by atoms with van der Waals surface area (Å²) in [6.07, 6.45) is 5.37. The zero-order valence-electron chi connectivity index (χ0n) is 18.8. The van der Waals surface area contributed by atoms with Crippen molar-refractivity contribution in [1.82, 2.24) is 19.5 Å². The van der Waals surface area contributed by atoms with Crippen molar-refractivity contribution in [2.24, 2.45) is 0 Å². The molecule has 0 amide bonds. The molecule has 0 radical (unpaired) electrons. The number of nitro groups is 1. The van der Waals surface area contributed by atoms with Crippen molar-refractivity contribution < 1.29 is 19.5 Å². The Morgan fingerprint density at radius 3 is 2.35 bits per heavy atom. The standard InChI is InChI=1S/C14H18N4O2S.C6H9N3O3.Na.H/c1-19-10-5-8(6-11(20-2)12(10)21-3)4-9-7-17-14(16)18-13(9)15;1-5-7-4-6(9(11)12)8(5)2-3-10;;/h5-7H,4H2,1-3H3,(H4,15,16,17,18);4,10H,2-3H2,1H3;;. The number of benzene rings is 1. The molecular weight excluding hydrogens is 473 g/mol. The quantitative estimate of drug-likeness (QED) is 0.133. The molecule has 34 heavy (non-hydrogen) atoms. The van der Waals surface area contributed by atoms with Gasteiger partial charge in [-0.3, -0.25) is 10.8 Å². The van der Waals surface area contributed by atoms with Gasteiger partial charge in [-0.1, -0.05) is 0 Å². The third kappa shape index (κ3) is 7.46. The van der Waals surface area contributed by atoms with Crippen molar-refractivity contribution in [1.29, 1.82) is 10.8 Å². The zero-order valence-corrected chi connectivity index (χ0v) is 19.6. The first-order chi connectivity index (χ1) is 15.7. The Morgan fingerprint density at radius 2 is 1.88 bits per heavy atom. The molecular formula is C20H28N7NaO5S. The number of ether oxygens (including phenoxy) is 2. The van der Waals surface area contributed by atoms with E-state index in [1.807, 2.05) is 18.4 Å². The Kier molecular flexibility index (Phi) is 12.1. The molecule has 0 saturated heterocycles. The summed E-state index contributed by atoms with van der Waals surface area (Å²) in [6, 6.07) is 3.89. The molecule has 3 aromatic rings. The minimum absolute atomic E-state index is 0. The predicted molar refractivity (Wildman–Crippen MR) is 129 cm³/mol. The summed E-state index contributed by atoms with van der Waals surface area (Å²) in [4.78, 5) is 20.0. The maximum atomic E-state index is 10.4. The first-order valence-corrected chi connectivity index (χ1v) is 10.9. The van der Waals surface area contributed by atoms with Crippen LogP contribution in [0, 0.1) is 27.9 Å². The van der Waals surface area contributed by atoms with Gasteiger partial charge in [-0.2, -0.15) is 0 Å². The van der Waals surface area contributed by atoms with Gasteiger partial charge in [0.25, 0.3) is 0 Å². The summed E-state index contributed by atoms with van der Waals surface area (Å²) < 4.78 is 12.2. The van der Waals surface area contributed by atoms with Crippen LogP contribution in [0.5, 0.6) is 11.5 Å². The molecule has 0 aliphatic heterocycles. The summed E-state index contributed by atoms with van der Waals surface area (Å²) in [5, 5.41) is 34.3. The fraction of sp³-hybridized carbons (Fsp3) is 0.350. The van der Waals surface area contributed by atoms with Gasteiger partial charge in [-0.25, -0.2) is 9.55 Å². The number of aliphatic hydroxyl groups excluding tert-OH is 1. The van der Waals surface area contributed by atoms with Crippen LogP contribution in [0.3, 0.4) is 0 Å². The van der Waals surface area contributed by atoms with Crippen LogP contribution >= 0.6 is 11.8 Å². The molecule has 14 heteroatoms. The van der Waals surface area contributed by atoms with Gasteiger partial charge in [0.05, 0.1) is 25.7 Å². The Labute approximate surface area is 222 Å². The molecule has 0 saturated carbocycles. The van der Waals surface area contributed by atoms with Gasteiger partial charge in [0.1, 0.15) is 29.7 Å². The molecule has 5 N–H and O–H groups in total. The summed E-state index contributed by atoms with van der Waals surface area (Å²) in [6.45, 7) is 1.74. The Hall–Kier alpha value is -2.58. The number of rotatable bonds is 8. The van der Waals surface area contributed by atoms with Gasteiger partial charge in [0.2, 0.25) is 0 Å². The molecule has 3 rings (SSSR count). The Bertz CT molecular complexity index is 1200. The molecule has 0 fully saturated rings. The van der Waals surface area contributed by atoms with E-state index in [0.29, 0.717) is 12.2 Å². The third-order valence-corrected chi connectivity index (χ3v) is 5.44. The summed E-state index contributed by atoms with van der Waals surface area (Å²) >= 11 is 1.57. The Morgan fingerprint density at radius 1 is 1.26 bits per heavy atom. The predicted octanol–water partition coefficient (Wildman–Crippen LogP) is 1.08. The fourth-order valence-corrected chi connectivity index (χ4v) is 3.73. The summed E-state index contributed by atoms with van der Waals surface area (Å²) in [5.41, 5.74) is 2.09. The number of imidazole rings is 1. The van der Waals surface area contributed by atoms with Crippen molar-refractivity contribution in [3.8, 4) is 11.5 Å². The average molecular weight is 502 g/mol. The maximum absolute atomic E-state index is 10.4. The van der Waals surface area contributed by atoms with Crippen molar-refractivity contribution in [2.75, 3.05) is 27.1 Å². The van der Waals surface area contributed by atoms with Crippen LogP contribution in [0.1, 0.15) is 17.0 Å². The monoisotopic (exact) mass is 501 g/mol. The molecule has 12 nitrogen and oxygen atoms in total. The average Bonchev–Trinajstić information content (AvgIpc) is 3.16. The molecule has 0 unspecified atom stereocenters. The second-order valence-corrected chi connectivity index (χ2v) is 7.51. The van der Waals surface area contributed by atoms with Gasteiger partial charge in [0, 0.05) is 25.1 Å². The number of aliphatic hydroxyl groups is 1. The van der Waals surface area contributed by atoms with Crippen molar-refractivity contribution in [3.63, 3.8) is 0 Å². The van der Waals surface area contributed by atoms with E-state index in [2.05, 4.69) is 15.0 Å². The SMILES string of the molecule is COc1cc(Cc2c[nH]c(=N)[nH]c2=N)cc(OC)c1SC.Cc1ncc([N+](=O)[O-])n1CCO.[NaH]. The topological polar surface area (TPSA) is 179 Å². The number of methoxy groups -OCH3 is 2. The number of thioether (sulfide) groups is 1. The Balaban J connectivity index is 0.000000380. The van der Waals surface area contributed by atoms with Crippen molar-refractivity contribution >= 4 is 47.1 Å². The number of nitrogens with zero attached hydrogens (tertiary/aromatic N) is 3. The first-order valence-electron chi connectivity index (χ1n) is 9.72. The summed E-state index contributed by atoms with van der Waals surface area (Å²) in [5.74, 6) is 1.97. The molecule has 2 heterocycles. The molecule has 0 atom stereocenters.